The summed E-state index contributed by atoms with van der Waals surface area (Å²) in [5.74, 6) is -1.49. The predicted molar refractivity (Wildman–Crippen MR) is 174 cm³/mol. The maximum absolute atomic E-state index is 13.1. The van der Waals surface area contributed by atoms with Crippen LogP contribution in [-0.4, -0.2) is 133 Å². The van der Waals surface area contributed by atoms with Gasteiger partial charge in [0.1, 0.15) is 24.7 Å². The number of fused-ring (bicyclic) bond motifs is 1. The molecular weight excluding hydrogens is 642 g/mol. The van der Waals surface area contributed by atoms with Crippen LogP contribution in [0.15, 0.2) is 42.5 Å². The van der Waals surface area contributed by atoms with Gasteiger partial charge in [-0.15, -0.1) is 0 Å². The van der Waals surface area contributed by atoms with E-state index in [9.17, 15) is 24.0 Å². The lowest BCUT2D eigenvalue weighted by Crippen LogP contribution is -2.54. The molecule has 2 heterocycles. The Labute approximate surface area is 284 Å². The maximum atomic E-state index is 13.1. The summed E-state index contributed by atoms with van der Waals surface area (Å²) in [6.45, 7) is 5.86. The standard InChI is InChI=1S/C34H43N3O12/c38-24-25-4-6-26(7-5-25)49-23-22-48-21-20-47-19-18-46-17-16-45-15-14-44-13-12-43-11-10-35-28-3-1-2-27-31(28)34(42)37(33(27)41)29-8-9-30(39)36-32(29)40/h1-7,24,29,35H,8-23H2,(H,36,39,40). The molecule has 0 aromatic heterocycles. The number of hydrogen-bond acceptors (Lipinski definition) is 13. The van der Waals surface area contributed by atoms with Gasteiger partial charge in [0.25, 0.3) is 11.8 Å². The van der Waals surface area contributed by atoms with Gasteiger partial charge in [0, 0.05) is 24.2 Å². The summed E-state index contributed by atoms with van der Waals surface area (Å²) in [5.41, 5.74) is 1.50. The topological polar surface area (TPSA) is 177 Å². The van der Waals surface area contributed by atoms with E-state index >= 15 is 0 Å². The SMILES string of the molecule is O=Cc1ccc(OCCOCCOCCOCCOCCOCCOCCNc2cccc3c2C(=O)N(C2CCC(=O)NC2=O)C3=O)cc1. The highest BCUT2D eigenvalue weighted by molar-refractivity contribution is 6.25. The van der Waals surface area contributed by atoms with E-state index < -0.39 is 29.7 Å². The number of aldehydes is 1. The third kappa shape index (κ3) is 12.0. The summed E-state index contributed by atoms with van der Waals surface area (Å²) in [6, 6.07) is 10.8. The smallest absolute Gasteiger partial charge is 0.264 e. The number of imide groups is 2. The summed E-state index contributed by atoms with van der Waals surface area (Å²) < 4.78 is 38.5. The van der Waals surface area contributed by atoms with E-state index in [1.807, 2.05) is 0 Å². The molecule has 0 spiro atoms. The number of nitrogens with zero attached hydrogens (tertiary/aromatic N) is 1. The molecule has 0 radical (unpaired) electrons. The van der Waals surface area contributed by atoms with Gasteiger partial charge in [-0.2, -0.15) is 0 Å². The van der Waals surface area contributed by atoms with Crippen LogP contribution in [0, 0.1) is 0 Å². The number of anilines is 1. The van der Waals surface area contributed by atoms with Crippen molar-refractivity contribution in [2.75, 3.05) is 97.8 Å². The first-order valence-corrected chi connectivity index (χ1v) is 16.2. The number of carbonyl (C=O) groups is 5. The number of piperidine rings is 1. The molecule has 15 nitrogen and oxygen atoms in total. The van der Waals surface area contributed by atoms with Crippen molar-refractivity contribution in [1.29, 1.82) is 0 Å². The van der Waals surface area contributed by atoms with E-state index in [4.69, 9.17) is 33.2 Å². The summed E-state index contributed by atoms with van der Waals surface area (Å²) in [5, 5.41) is 5.32. The number of nitrogens with one attached hydrogen (secondary N) is 2. The first kappa shape index (κ1) is 37.6. The molecule has 0 bridgehead atoms. The predicted octanol–water partition coefficient (Wildman–Crippen LogP) is 1.49. The second-order valence-electron chi connectivity index (χ2n) is 10.8. The van der Waals surface area contributed by atoms with Crippen LogP contribution in [0.4, 0.5) is 5.69 Å². The van der Waals surface area contributed by atoms with Crippen molar-refractivity contribution in [2.24, 2.45) is 0 Å². The molecular formula is C34H43N3O12. The van der Waals surface area contributed by atoms with Crippen molar-refractivity contribution in [3.8, 4) is 5.75 Å². The minimum Gasteiger partial charge on any atom is -0.491 e. The minimum absolute atomic E-state index is 0.0649. The van der Waals surface area contributed by atoms with E-state index in [0.29, 0.717) is 109 Å². The van der Waals surface area contributed by atoms with Gasteiger partial charge in [-0.05, 0) is 42.8 Å². The average Bonchev–Trinajstić information content (AvgIpc) is 3.36. The highest BCUT2D eigenvalue weighted by Crippen LogP contribution is 2.32. The molecule has 1 unspecified atom stereocenters. The fourth-order valence-corrected chi connectivity index (χ4v) is 4.98. The number of benzene rings is 2. The molecule has 2 aliphatic rings. The molecule has 0 saturated carbocycles. The highest BCUT2D eigenvalue weighted by Gasteiger charge is 2.45. The fraction of sp³-hybridized carbons (Fsp3) is 0.500. The van der Waals surface area contributed by atoms with Crippen molar-refractivity contribution < 1.29 is 57.1 Å². The van der Waals surface area contributed by atoms with Gasteiger partial charge >= 0.3 is 0 Å². The maximum Gasteiger partial charge on any atom is 0.264 e. The Balaban J connectivity index is 0.915. The molecule has 2 aromatic carbocycles. The van der Waals surface area contributed by atoms with Crippen molar-refractivity contribution in [3.63, 3.8) is 0 Å². The zero-order valence-electron chi connectivity index (χ0n) is 27.4. The molecule has 1 atom stereocenters. The Kier molecular flexibility index (Phi) is 16.1. The lowest BCUT2D eigenvalue weighted by molar-refractivity contribution is -0.136. The number of rotatable bonds is 25. The second-order valence-corrected chi connectivity index (χ2v) is 10.8. The molecule has 0 aliphatic carbocycles. The average molecular weight is 686 g/mol. The van der Waals surface area contributed by atoms with Crippen LogP contribution in [0.1, 0.15) is 43.9 Å². The largest absolute Gasteiger partial charge is 0.491 e. The first-order chi connectivity index (χ1) is 24.0. The first-order valence-electron chi connectivity index (χ1n) is 16.2. The van der Waals surface area contributed by atoms with Crippen LogP contribution in [0.5, 0.6) is 5.75 Å². The molecule has 1 fully saturated rings. The molecule has 2 aromatic rings. The van der Waals surface area contributed by atoms with Crippen LogP contribution >= 0.6 is 0 Å². The highest BCUT2D eigenvalue weighted by atomic mass is 16.6. The van der Waals surface area contributed by atoms with Gasteiger partial charge < -0.3 is 38.5 Å². The Morgan fingerprint density at radius 3 is 1.80 bits per heavy atom. The Morgan fingerprint density at radius 1 is 0.694 bits per heavy atom. The van der Waals surface area contributed by atoms with Crippen LogP contribution in [0.2, 0.25) is 0 Å². The molecule has 49 heavy (non-hydrogen) atoms. The summed E-state index contributed by atoms with van der Waals surface area (Å²) in [7, 11) is 0. The van der Waals surface area contributed by atoms with Crippen LogP contribution in [0.3, 0.4) is 0 Å². The van der Waals surface area contributed by atoms with Crippen LogP contribution in [0.25, 0.3) is 0 Å². The third-order valence-electron chi connectivity index (χ3n) is 7.40. The summed E-state index contributed by atoms with van der Waals surface area (Å²) in [4.78, 5) is 61.4. The van der Waals surface area contributed by atoms with Gasteiger partial charge in [0.15, 0.2) is 0 Å². The van der Waals surface area contributed by atoms with E-state index in [1.165, 1.54) is 0 Å². The molecule has 2 N–H and O–H groups in total. The van der Waals surface area contributed by atoms with E-state index in [-0.39, 0.29) is 24.0 Å². The van der Waals surface area contributed by atoms with Crippen molar-refractivity contribution >= 4 is 35.6 Å². The minimum atomic E-state index is -1.01. The number of carbonyl (C=O) groups excluding carboxylic acids is 5. The lowest BCUT2D eigenvalue weighted by atomic mass is 10.0. The fourth-order valence-electron chi connectivity index (χ4n) is 4.98. The monoisotopic (exact) mass is 685 g/mol. The molecule has 4 amide bonds. The summed E-state index contributed by atoms with van der Waals surface area (Å²) in [6.07, 6.45) is 0.954. The number of ether oxygens (including phenoxy) is 7. The van der Waals surface area contributed by atoms with E-state index in [2.05, 4.69) is 10.6 Å². The summed E-state index contributed by atoms with van der Waals surface area (Å²) >= 11 is 0. The van der Waals surface area contributed by atoms with Crippen LogP contribution < -0.4 is 15.4 Å². The number of amides is 4. The van der Waals surface area contributed by atoms with E-state index in [0.717, 1.165) is 11.2 Å². The number of hydrogen-bond donors (Lipinski definition) is 2. The van der Waals surface area contributed by atoms with Crippen LogP contribution in [-0.2, 0) is 38.0 Å². The molecule has 266 valence electrons. The Hall–Kier alpha value is -4.25. The molecule has 4 rings (SSSR count). The third-order valence-corrected chi connectivity index (χ3v) is 7.40. The quantitative estimate of drug-likeness (QED) is 0.0874. The zero-order valence-corrected chi connectivity index (χ0v) is 27.4. The van der Waals surface area contributed by atoms with E-state index in [1.54, 1.807) is 42.5 Å². The molecule has 2 aliphatic heterocycles. The zero-order chi connectivity index (χ0) is 34.7. The Bertz CT molecular complexity index is 1390. The van der Waals surface area contributed by atoms with Gasteiger partial charge in [-0.1, -0.05) is 6.07 Å². The lowest BCUT2D eigenvalue weighted by Gasteiger charge is -2.27. The van der Waals surface area contributed by atoms with Gasteiger partial charge in [0.05, 0.1) is 90.4 Å². The van der Waals surface area contributed by atoms with Gasteiger partial charge in [0.2, 0.25) is 11.8 Å². The molecule has 1 saturated heterocycles. The van der Waals surface area contributed by atoms with Crippen molar-refractivity contribution in [1.82, 2.24) is 10.2 Å². The van der Waals surface area contributed by atoms with Crippen molar-refractivity contribution in [3.05, 3.63) is 59.2 Å². The van der Waals surface area contributed by atoms with Gasteiger partial charge in [-0.3, -0.25) is 34.2 Å². The normalized spacial score (nSPS) is 15.8. The van der Waals surface area contributed by atoms with Gasteiger partial charge in [-0.25, -0.2) is 0 Å². The van der Waals surface area contributed by atoms with Crippen molar-refractivity contribution in [2.45, 2.75) is 18.9 Å². The molecule has 15 heteroatoms. The second kappa shape index (κ2) is 21.0. The Morgan fingerprint density at radius 2 is 1.24 bits per heavy atom.